The van der Waals surface area contributed by atoms with E-state index in [4.69, 9.17) is 21.1 Å². The molecule has 0 amide bonds. The van der Waals surface area contributed by atoms with Crippen LogP contribution >= 0.6 is 11.6 Å². The lowest BCUT2D eigenvalue weighted by atomic mass is 10.2. The van der Waals surface area contributed by atoms with Crippen molar-refractivity contribution in [2.45, 2.75) is 13.2 Å². The lowest BCUT2D eigenvalue weighted by Gasteiger charge is -2.13. The van der Waals surface area contributed by atoms with E-state index < -0.39 is 11.6 Å². The van der Waals surface area contributed by atoms with E-state index in [9.17, 15) is 13.6 Å². The Morgan fingerprint density at radius 3 is 2.69 bits per heavy atom. The van der Waals surface area contributed by atoms with Crippen LogP contribution < -0.4 is 20.1 Å². The molecule has 1 aliphatic rings. The third kappa shape index (κ3) is 4.02. The van der Waals surface area contributed by atoms with Gasteiger partial charge in [0.2, 0.25) is 5.88 Å². The van der Waals surface area contributed by atoms with Gasteiger partial charge in [0.05, 0.1) is 5.02 Å². The fraction of sp³-hybridized carbons (Fsp3) is 0.200. The van der Waals surface area contributed by atoms with Gasteiger partial charge in [0.1, 0.15) is 23.9 Å². The zero-order valence-corrected chi connectivity index (χ0v) is 16.1. The number of fused-ring (bicyclic) bond motifs is 1. The van der Waals surface area contributed by atoms with Crippen LogP contribution in [0.15, 0.2) is 47.3 Å². The summed E-state index contributed by atoms with van der Waals surface area (Å²) in [6.45, 7) is 1.49. The molecule has 9 heteroatoms. The quantitative estimate of drug-likeness (QED) is 0.625. The third-order valence-corrected chi connectivity index (χ3v) is 4.81. The van der Waals surface area contributed by atoms with E-state index in [1.807, 2.05) is 11.9 Å². The number of likely N-dealkylation sites (N-methyl/N-ethyl adjacent to an activating group) is 1. The molecule has 0 saturated carbocycles. The van der Waals surface area contributed by atoms with Crippen molar-refractivity contribution in [3.8, 4) is 17.4 Å². The zero-order valence-electron chi connectivity index (χ0n) is 15.4. The zero-order chi connectivity index (χ0) is 20.5. The maximum Gasteiger partial charge on any atom is 0.352 e. The highest BCUT2D eigenvalue weighted by molar-refractivity contribution is 6.32. The van der Waals surface area contributed by atoms with E-state index in [1.165, 1.54) is 6.07 Å². The highest BCUT2D eigenvalue weighted by atomic mass is 35.5. The van der Waals surface area contributed by atoms with Gasteiger partial charge in [0.25, 0.3) is 0 Å². The number of ether oxygens (including phenoxy) is 2. The van der Waals surface area contributed by atoms with Crippen LogP contribution in [-0.4, -0.2) is 23.1 Å². The Hall–Kier alpha value is -3.13. The molecule has 2 heterocycles. The predicted molar refractivity (Wildman–Crippen MR) is 104 cm³/mol. The molecule has 1 aliphatic heterocycles. The van der Waals surface area contributed by atoms with Gasteiger partial charge < -0.3 is 14.4 Å². The number of aromatic nitrogens is 2. The molecule has 0 N–H and O–H groups in total. The molecule has 0 radical (unpaired) electrons. The molecule has 4 rings (SSSR count). The van der Waals surface area contributed by atoms with Crippen molar-refractivity contribution in [1.82, 2.24) is 9.55 Å². The van der Waals surface area contributed by atoms with Gasteiger partial charge in [-0.05, 0) is 29.8 Å². The first-order valence-corrected chi connectivity index (χ1v) is 9.15. The smallest absolute Gasteiger partial charge is 0.352 e. The molecule has 0 fully saturated rings. The molecule has 0 aliphatic carbocycles. The third-order valence-electron chi connectivity index (χ3n) is 4.52. The first kappa shape index (κ1) is 19.2. The molecule has 0 bridgehead atoms. The van der Waals surface area contributed by atoms with Gasteiger partial charge in [0.15, 0.2) is 11.6 Å². The average molecular weight is 420 g/mol. The number of anilines is 1. The van der Waals surface area contributed by atoms with Gasteiger partial charge in [-0.3, -0.25) is 4.57 Å². The maximum atomic E-state index is 13.3. The summed E-state index contributed by atoms with van der Waals surface area (Å²) in [4.78, 5) is 18.0. The van der Waals surface area contributed by atoms with E-state index in [0.29, 0.717) is 6.54 Å². The summed E-state index contributed by atoms with van der Waals surface area (Å²) in [5.41, 5.74) is 0.374. The van der Waals surface area contributed by atoms with Crippen molar-refractivity contribution in [2.75, 3.05) is 18.5 Å². The number of halogens is 3. The van der Waals surface area contributed by atoms with Crippen LogP contribution in [0.3, 0.4) is 0 Å². The minimum Gasteiger partial charge on any atom is -0.473 e. The lowest BCUT2D eigenvalue weighted by molar-refractivity contribution is 0.291. The average Bonchev–Trinajstić information content (AvgIpc) is 3.06. The number of hydrogen-bond donors (Lipinski definition) is 0. The first-order valence-electron chi connectivity index (χ1n) is 8.78. The summed E-state index contributed by atoms with van der Waals surface area (Å²) in [5, 5.41) is 0.276. The van der Waals surface area contributed by atoms with E-state index in [0.717, 1.165) is 30.1 Å². The van der Waals surface area contributed by atoms with Crippen LogP contribution in [0.1, 0.15) is 5.56 Å². The molecule has 0 saturated heterocycles. The number of benzene rings is 2. The monoisotopic (exact) mass is 419 g/mol. The van der Waals surface area contributed by atoms with Crippen molar-refractivity contribution in [3.63, 3.8) is 0 Å². The van der Waals surface area contributed by atoms with Crippen molar-refractivity contribution in [1.29, 1.82) is 0 Å². The summed E-state index contributed by atoms with van der Waals surface area (Å²) < 4.78 is 39.1. The molecule has 0 atom stereocenters. The summed E-state index contributed by atoms with van der Waals surface area (Å²) in [5.74, 6) is -0.561. The molecular formula is C20H16ClF2N3O3. The SMILES string of the molecule is CN1CCn2c1cc(OCc1ccc(Oc3ccc(F)c(F)c3)c(Cl)c1)nc2=O. The Morgan fingerprint density at radius 2 is 1.93 bits per heavy atom. The van der Waals surface area contributed by atoms with Gasteiger partial charge in [0, 0.05) is 32.3 Å². The highest BCUT2D eigenvalue weighted by Gasteiger charge is 2.19. The van der Waals surface area contributed by atoms with Crippen LogP contribution in [0.2, 0.25) is 5.02 Å². The van der Waals surface area contributed by atoms with Crippen molar-refractivity contribution < 1.29 is 18.3 Å². The van der Waals surface area contributed by atoms with E-state index in [1.54, 1.807) is 28.8 Å². The molecule has 150 valence electrons. The van der Waals surface area contributed by atoms with Gasteiger partial charge in [-0.1, -0.05) is 17.7 Å². The Bertz CT molecular complexity index is 1140. The van der Waals surface area contributed by atoms with E-state index in [-0.39, 0.29) is 34.7 Å². The number of nitrogens with zero attached hydrogens (tertiary/aromatic N) is 3. The Balaban J connectivity index is 1.46. The molecular weight excluding hydrogens is 404 g/mol. The molecule has 0 spiro atoms. The van der Waals surface area contributed by atoms with Gasteiger partial charge in [-0.2, -0.15) is 4.98 Å². The van der Waals surface area contributed by atoms with Gasteiger partial charge in [-0.15, -0.1) is 0 Å². The summed E-state index contributed by atoms with van der Waals surface area (Å²) >= 11 is 6.23. The maximum absolute atomic E-state index is 13.3. The highest BCUT2D eigenvalue weighted by Crippen LogP contribution is 2.31. The van der Waals surface area contributed by atoms with Gasteiger partial charge in [-0.25, -0.2) is 13.6 Å². The van der Waals surface area contributed by atoms with E-state index >= 15 is 0 Å². The minimum absolute atomic E-state index is 0.127. The Kier molecular flexibility index (Phi) is 5.10. The van der Waals surface area contributed by atoms with E-state index in [2.05, 4.69) is 4.98 Å². The standard InChI is InChI=1S/C20H16ClF2N3O3/c1-25-6-7-26-19(25)10-18(24-20(26)27)28-11-12-2-5-17(14(21)8-12)29-13-3-4-15(22)16(23)9-13/h2-5,8-10H,6-7,11H2,1H3. The molecule has 0 unspecified atom stereocenters. The van der Waals surface area contributed by atoms with Gasteiger partial charge >= 0.3 is 5.69 Å². The summed E-state index contributed by atoms with van der Waals surface area (Å²) in [6, 6.07) is 9.89. The second kappa shape index (κ2) is 7.71. The second-order valence-corrected chi connectivity index (χ2v) is 6.95. The molecule has 3 aromatic rings. The Labute approximate surface area is 169 Å². The van der Waals surface area contributed by atoms with Crippen LogP contribution in [0.5, 0.6) is 17.4 Å². The van der Waals surface area contributed by atoms with Crippen molar-refractivity contribution in [3.05, 3.63) is 75.2 Å². The minimum atomic E-state index is -1.01. The predicted octanol–water partition coefficient (Wildman–Crippen LogP) is 4.00. The van der Waals surface area contributed by atoms with Crippen molar-refractivity contribution >= 4 is 17.4 Å². The largest absolute Gasteiger partial charge is 0.473 e. The topological polar surface area (TPSA) is 56.6 Å². The number of rotatable bonds is 5. The van der Waals surface area contributed by atoms with Crippen LogP contribution in [0.4, 0.5) is 14.6 Å². The van der Waals surface area contributed by atoms with Crippen LogP contribution in [-0.2, 0) is 13.2 Å². The van der Waals surface area contributed by atoms with Crippen molar-refractivity contribution in [2.24, 2.45) is 0 Å². The second-order valence-electron chi connectivity index (χ2n) is 6.54. The molecule has 6 nitrogen and oxygen atoms in total. The molecule has 2 aromatic carbocycles. The van der Waals surface area contributed by atoms with Crippen LogP contribution in [0.25, 0.3) is 0 Å². The molecule has 29 heavy (non-hydrogen) atoms. The number of hydrogen-bond acceptors (Lipinski definition) is 5. The summed E-state index contributed by atoms with van der Waals surface area (Å²) in [6.07, 6.45) is 0. The Morgan fingerprint density at radius 1 is 1.10 bits per heavy atom. The first-order chi connectivity index (χ1) is 13.9. The summed E-state index contributed by atoms with van der Waals surface area (Å²) in [7, 11) is 1.90. The fourth-order valence-corrected chi connectivity index (χ4v) is 3.22. The normalized spacial score (nSPS) is 12.8. The fourth-order valence-electron chi connectivity index (χ4n) is 2.98. The molecule has 1 aromatic heterocycles. The lowest BCUT2D eigenvalue weighted by Crippen LogP contribution is -2.22. The van der Waals surface area contributed by atoms with Crippen LogP contribution in [0, 0.1) is 11.6 Å².